The molecule has 4 aromatic rings. The summed E-state index contributed by atoms with van der Waals surface area (Å²) in [5.41, 5.74) is 7.73. The summed E-state index contributed by atoms with van der Waals surface area (Å²) in [6.45, 7) is 4.39. The highest BCUT2D eigenvalue weighted by molar-refractivity contribution is 6.12. The van der Waals surface area contributed by atoms with Crippen molar-refractivity contribution in [2.24, 2.45) is 0 Å². The zero-order valence-electron chi connectivity index (χ0n) is 14.0. The number of furan rings is 1. The van der Waals surface area contributed by atoms with Crippen LogP contribution >= 0.6 is 0 Å². The molecule has 0 unspecified atom stereocenters. The van der Waals surface area contributed by atoms with E-state index in [4.69, 9.17) is 10.2 Å². The van der Waals surface area contributed by atoms with Crippen LogP contribution in [0.3, 0.4) is 0 Å². The fourth-order valence-electron chi connectivity index (χ4n) is 3.02. The topological polar surface area (TPSA) is 99.0 Å². The van der Waals surface area contributed by atoms with Crippen molar-refractivity contribution in [3.05, 3.63) is 66.9 Å². The molecular weight excluding hydrogens is 330 g/mol. The Balaban J connectivity index is 1.95. The van der Waals surface area contributed by atoms with Crippen LogP contribution in [-0.4, -0.2) is 27.0 Å². The van der Waals surface area contributed by atoms with Crippen molar-refractivity contribution in [3.8, 4) is 0 Å². The number of nitrogens with two attached hydrogens (primary N) is 1. The zero-order valence-corrected chi connectivity index (χ0v) is 14.0. The van der Waals surface area contributed by atoms with Crippen molar-refractivity contribution in [2.75, 3.05) is 12.3 Å². The first-order chi connectivity index (χ1) is 12.7. The van der Waals surface area contributed by atoms with Crippen LogP contribution in [0.2, 0.25) is 0 Å². The average molecular weight is 347 g/mol. The molecule has 130 valence electrons. The number of amides is 1. The monoisotopic (exact) mass is 347 g/mol. The van der Waals surface area contributed by atoms with Crippen molar-refractivity contribution >= 4 is 33.7 Å². The van der Waals surface area contributed by atoms with Crippen LogP contribution in [0, 0.1) is 0 Å². The third-order valence-corrected chi connectivity index (χ3v) is 4.14. The molecule has 0 atom stereocenters. The van der Waals surface area contributed by atoms with E-state index in [2.05, 4.69) is 21.9 Å². The first kappa shape index (κ1) is 15.9. The molecule has 0 saturated carbocycles. The third-order valence-electron chi connectivity index (χ3n) is 4.14. The molecule has 7 heteroatoms. The van der Waals surface area contributed by atoms with E-state index in [0.717, 1.165) is 22.0 Å². The number of carbonyl (C=O) groups excluding carboxylic acids is 1. The van der Waals surface area contributed by atoms with Gasteiger partial charge in [-0.1, -0.05) is 24.3 Å². The SMILES string of the molecule is C=CCNC(=O)c1nc(N)c2c3ccccc3n(Cc3ccco3)c2n1. The summed E-state index contributed by atoms with van der Waals surface area (Å²) in [6.07, 6.45) is 3.22. The van der Waals surface area contributed by atoms with E-state index >= 15 is 0 Å². The number of hydrogen-bond donors (Lipinski definition) is 2. The summed E-state index contributed by atoms with van der Waals surface area (Å²) >= 11 is 0. The predicted molar refractivity (Wildman–Crippen MR) is 99.8 cm³/mol. The first-order valence-electron chi connectivity index (χ1n) is 8.15. The van der Waals surface area contributed by atoms with Gasteiger partial charge in [-0.05, 0) is 18.2 Å². The fourth-order valence-corrected chi connectivity index (χ4v) is 3.02. The number of para-hydroxylation sites is 1. The van der Waals surface area contributed by atoms with Gasteiger partial charge >= 0.3 is 0 Å². The Bertz CT molecular complexity index is 1110. The fraction of sp³-hybridized carbons (Fsp3) is 0.105. The van der Waals surface area contributed by atoms with Crippen molar-refractivity contribution in [1.29, 1.82) is 0 Å². The maximum absolute atomic E-state index is 12.3. The number of benzene rings is 1. The summed E-state index contributed by atoms with van der Waals surface area (Å²) < 4.78 is 7.46. The highest BCUT2D eigenvalue weighted by atomic mass is 16.3. The minimum atomic E-state index is -0.395. The molecule has 0 aliphatic carbocycles. The van der Waals surface area contributed by atoms with Crippen LogP contribution in [-0.2, 0) is 6.54 Å². The highest BCUT2D eigenvalue weighted by Crippen LogP contribution is 2.31. The quantitative estimate of drug-likeness (QED) is 0.541. The minimum Gasteiger partial charge on any atom is -0.467 e. The smallest absolute Gasteiger partial charge is 0.289 e. The highest BCUT2D eigenvalue weighted by Gasteiger charge is 2.19. The second-order valence-electron chi connectivity index (χ2n) is 5.81. The summed E-state index contributed by atoms with van der Waals surface area (Å²) in [6, 6.07) is 11.6. The number of nitrogens with zero attached hydrogens (tertiary/aromatic N) is 3. The zero-order chi connectivity index (χ0) is 18.1. The summed E-state index contributed by atoms with van der Waals surface area (Å²) in [5, 5.41) is 4.34. The van der Waals surface area contributed by atoms with E-state index in [-0.39, 0.29) is 11.6 Å². The van der Waals surface area contributed by atoms with Crippen LogP contribution in [0.25, 0.3) is 21.9 Å². The molecule has 0 fully saturated rings. The first-order valence-corrected chi connectivity index (χ1v) is 8.15. The largest absolute Gasteiger partial charge is 0.467 e. The minimum absolute atomic E-state index is 0.0281. The summed E-state index contributed by atoms with van der Waals surface area (Å²) in [7, 11) is 0. The number of carbonyl (C=O) groups is 1. The van der Waals surface area contributed by atoms with Gasteiger partial charge in [-0.3, -0.25) is 4.79 Å². The maximum atomic E-state index is 12.3. The van der Waals surface area contributed by atoms with Crippen molar-refractivity contribution in [2.45, 2.75) is 6.54 Å². The van der Waals surface area contributed by atoms with Gasteiger partial charge in [0.2, 0.25) is 5.82 Å². The molecule has 7 nitrogen and oxygen atoms in total. The van der Waals surface area contributed by atoms with Gasteiger partial charge in [-0.25, -0.2) is 9.97 Å². The third kappa shape index (κ3) is 2.59. The molecule has 0 aliphatic rings. The molecule has 0 bridgehead atoms. The number of aromatic nitrogens is 3. The Kier molecular flexibility index (Phi) is 3.89. The Labute approximate surface area is 149 Å². The number of fused-ring (bicyclic) bond motifs is 3. The van der Waals surface area contributed by atoms with Gasteiger partial charge in [0.25, 0.3) is 5.91 Å². The molecule has 4 rings (SSSR count). The normalized spacial score (nSPS) is 11.1. The summed E-state index contributed by atoms with van der Waals surface area (Å²) in [5.74, 6) is 0.685. The van der Waals surface area contributed by atoms with E-state index in [1.54, 1.807) is 12.3 Å². The van der Waals surface area contributed by atoms with Gasteiger partial charge in [-0.2, -0.15) is 0 Å². The molecule has 0 radical (unpaired) electrons. The lowest BCUT2D eigenvalue weighted by molar-refractivity contribution is 0.0948. The molecule has 26 heavy (non-hydrogen) atoms. The van der Waals surface area contributed by atoms with Gasteiger partial charge in [0.1, 0.15) is 17.2 Å². The van der Waals surface area contributed by atoms with Gasteiger partial charge in [0, 0.05) is 11.9 Å². The lowest BCUT2D eigenvalue weighted by atomic mass is 10.2. The molecule has 3 aromatic heterocycles. The molecule has 3 N–H and O–H groups in total. The molecule has 0 spiro atoms. The number of hydrogen-bond acceptors (Lipinski definition) is 5. The van der Waals surface area contributed by atoms with Gasteiger partial charge in [0.15, 0.2) is 0 Å². The van der Waals surface area contributed by atoms with Crippen molar-refractivity contribution in [1.82, 2.24) is 19.9 Å². The molecule has 0 saturated heterocycles. The molecule has 1 aromatic carbocycles. The van der Waals surface area contributed by atoms with E-state index in [9.17, 15) is 4.79 Å². The van der Waals surface area contributed by atoms with Crippen LogP contribution in [0.5, 0.6) is 0 Å². The standard InChI is InChI=1S/C19H17N5O2/c1-2-9-21-19(25)17-22-16(20)15-13-7-3-4-8-14(13)24(18(15)23-17)11-12-6-5-10-26-12/h2-8,10H,1,9,11H2,(H,21,25)(H2,20,22,23). The molecule has 3 heterocycles. The second-order valence-corrected chi connectivity index (χ2v) is 5.81. The lowest BCUT2D eigenvalue weighted by Gasteiger charge is -2.07. The van der Waals surface area contributed by atoms with E-state index < -0.39 is 5.91 Å². The van der Waals surface area contributed by atoms with Crippen LogP contribution in [0.1, 0.15) is 16.4 Å². The lowest BCUT2D eigenvalue weighted by Crippen LogP contribution is -2.26. The van der Waals surface area contributed by atoms with Crippen molar-refractivity contribution in [3.63, 3.8) is 0 Å². The van der Waals surface area contributed by atoms with Crippen LogP contribution < -0.4 is 11.1 Å². The van der Waals surface area contributed by atoms with Crippen LogP contribution in [0.4, 0.5) is 5.82 Å². The van der Waals surface area contributed by atoms with Gasteiger partial charge in [0.05, 0.1) is 23.7 Å². The Morgan fingerprint density at radius 1 is 1.27 bits per heavy atom. The summed E-state index contributed by atoms with van der Waals surface area (Å²) in [4.78, 5) is 21.0. The number of anilines is 1. The Morgan fingerprint density at radius 2 is 2.12 bits per heavy atom. The number of nitrogen functional groups attached to an aromatic ring is 1. The Hall–Kier alpha value is -3.61. The van der Waals surface area contributed by atoms with Gasteiger partial charge in [-0.15, -0.1) is 6.58 Å². The van der Waals surface area contributed by atoms with Crippen LogP contribution in [0.15, 0.2) is 59.7 Å². The van der Waals surface area contributed by atoms with Crippen molar-refractivity contribution < 1.29 is 9.21 Å². The maximum Gasteiger partial charge on any atom is 0.289 e. The number of rotatable bonds is 5. The average Bonchev–Trinajstić information content (AvgIpc) is 3.27. The van der Waals surface area contributed by atoms with E-state index in [1.165, 1.54) is 0 Å². The molecule has 0 aliphatic heterocycles. The predicted octanol–water partition coefficient (Wildman–Crippen LogP) is 2.72. The molecular formula is C19H17N5O2. The Morgan fingerprint density at radius 3 is 2.88 bits per heavy atom. The molecule has 1 amide bonds. The van der Waals surface area contributed by atoms with E-state index in [0.29, 0.717) is 18.7 Å². The number of nitrogens with one attached hydrogen (secondary N) is 1. The van der Waals surface area contributed by atoms with Gasteiger partial charge < -0.3 is 20.0 Å². The van der Waals surface area contributed by atoms with E-state index in [1.807, 2.05) is 41.0 Å². The second kappa shape index (κ2) is 6.36.